The van der Waals surface area contributed by atoms with Crippen LogP contribution in [-0.4, -0.2) is 61.3 Å². The van der Waals surface area contributed by atoms with Gasteiger partial charge in [0.15, 0.2) is 0 Å². The molecule has 0 saturated carbocycles. The van der Waals surface area contributed by atoms with E-state index in [-0.39, 0.29) is 0 Å². The minimum Gasteiger partial charge on any atom is -0.375 e. The molecule has 0 rings (SSSR count). The maximum Gasteiger partial charge on any atom is 0.0591 e. The number of hydrogen-bond acceptors (Lipinski definition) is 3. The number of nitrogens with zero attached hydrogens (tertiary/aromatic N) is 2. The van der Waals surface area contributed by atoms with Crippen LogP contribution in [0.4, 0.5) is 0 Å². The third-order valence-electron chi connectivity index (χ3n) is 12.0. The minimum absolute atomic E-state index is 0.436. The molecule has 0 spiro atoms. The van der Waals surface area contributed by atoms with Crippen LogP contribution in [0, 0.1) is 0 Å². The standard InChI is InChI=1S/C48H100N2O/c1-7-13-15-17-19-21-23-25-27-29-31-33-35-37-39-41-47(43-45-49(9-3)10-4)51-48(44-46-50(11-5)12-6)42-40-38-36-34-32-30-28-26-24-22-20-18-16-14-8-2/h47-48H,7-46H2,1-6H3. The van der Waals surface area contributed by atoms with Gasteiger partial charge in [-0.2, -0.15) is 0 Å². The summed E-state index contributed by atoms with van der Waals surface area (Å²) in [6, 6.07) is 0. The van der Waals surface area contributed by atoms with E-state index in [2.05, 4.69) is 51.3 Å². The summed E-state index contributed by atoms with van der Waals surface area (Å²) < 4.78 is 7.11. The first-order valence-corrected chi connectivity index (χ1v) is 24.2. The van der Waals surface area contributed by atoms with Crippen molar-refractivity contribution in [1.82, 2.24) is 9.80 Å². The predicted molar refractivity (Wildman–Crippen MR) is 233 cm³/mol. The van der Waals surface area contributed by atoms with E-state index < -0.39 is 0 Å². The van der Waals surface area contributed by atoms with Gasteiger partial charge in [0.25, 0.3) is 0 Å². The molecule has 0 aliphatic carbocycles. The molecule has 0 amide bonds. The van der Waals surface area contributed by atoms with Gasteiger partial charge < -0.3 is 14.5 Å². The van der Waals surface area contributed by atoms with Gasteiger partial charge in [0.2, 0.25) is 0 Å². The van der Waals surface area contributed by atoms with Gasteiger partial charge in [0.1, 0.15) is 0 Å². The first-order valence-electron chi connectivity index (χ1n) is 24.2. The lowest BCUT2D eigenvalue weighted by Crippen LogP contribution is -2.32. The van der Waals surface area contributed by atoms with Crippen molar-refractivity contribution < 1.29 is 4.74 Å². The molecule has 0 saturated heterocycles. The molecule has 0 N–H and O–H groups in total. The molecule has 2 unspecified atom stereocenters. The van der Waals surface area contributed by atoms with E-state index in [0.717, 1.165) is 26.2 Å². The van der Waals surface area contributed by atoms with E-state index in [0.29, 0.717) is 12.2 Å². The van der Waals surface area contributed by atoms with Crippen molar-refractivity contribution in [2.45, 2.75) is 272 Å². The van der Waals surface area contributed by atoms with E-state index in [4.69, 9.17) is 4.74 Å². The average Bonchev–Trinajstić information content (AvgIpc) is 3.15. The number of hydrogen-bond donors (Lipinski definition) is 0. The number of unbranched alkanes of at least 4 members (excludes halogenated alkanes) is 28. The molecule has 0 bridgehead atoms. The molecule has 0 aliphatic rings. The van der Waals surface area contributed by atoms with Crippen LogP contribution in [0.1, 0.15) is 260 Å². The SMILES string of the molecule is CCCCCCCCCCCCCCCCCC(CCN(CC)CC)OC(CCCCCCCCCCCCCCCCC)CCN(CC)CC. The van der Waals surface area contributed by atoms with Gasteiger partial charge in [-0.3, -0.25) is 0 Å². The maximum absolute atomic E-state index is 7.11. The molecule has 3 heteroatoms. The lowest BCUT2D eigenvalue weighted by molar-refractivity contribution is -0.0369. The Bertz CT molecular complexity index is 566. The Hall–Kier alpha value is -0.120. The third-order valence-corrected chi connectivity index (χ3v) is 12.0. The zero-order chi connectivity index (χ0) is 37.3. The zero-order valence-electron chi connectivity index (χ0n) is 36.7. The Morgan fingerprint density at radius 3 is 0.706 bits per heavy atom. The van der Waals surface area contributed by atoms with E-state index in [1.165, 1.54) is 231 Å². The van der Waals surface area contributed by atoms with Crippen LogP contribution in [0.25, 0.3) is 0 Å². The lowest BCUT2D eigenvalue weighted by Gasteiger charge is -2.29. The molecule has 0 aromatic carbocycles. The van der Waals surface area contributed by atoms with Crippen molar-refractivity contribution >= 4 is 0 Å². The fourth-order valence-electron chi connectivity index (χ4n) is 8.05. The van der Waals surface area contributed by atoms with Crippen molar-refractivity contribution in [2.75, 3.05) is 39.3 Å². The molecule has 0 heterocycles. The Morgan fingerprint density at radius 1 is 0.275 bits per heavy atom. The van der Waals surface area contributed by atoms with E-state index in [1.807, 2.05) is 0 Å². The monoisotopic (exact) mass is 721 g/mol. The molecule has 0 aromatic rings. The molecule has 0 fully saturated rings. The van der Waals surface area contributed by atoms with E-state index >= 15 is 0 Å². The van der Waals surface area contributed by atoms with Gasteiger partial charge in [0, 0.05) is 13.1 Å². The largest absolute Gasteiger partial charge is 0.375 e. The Morgan fingerprint density at radius 2 is 0.490 bits per heavy atom. The van der Waals surface area contributed by atoms with E-state index in [1.54, 1.807) is 0 Å². The highest BCUT2D eigenvalue weighted by Gasteiger charge is 2.18. The molecular weight excluding hydrogens is 621 g/mol. The third kappa shape index (κ3) is 36.6. The summed E-state index contributed by atoms with van der Waals surface area (Å²) in [6.45, 7) is 20.9. The quantitative estimate of drug-likeness (QED) is 0.0583. The highest BCUT2D eigenvalue weighted by molar-refractivity contribution is 4.70. The fourth-order valence-corrected chi connectivity index (χ4v) is 8.05. The molecule has 3 nitrogen and oxygen atoms in total. The van der Waals surface area contributed by atoms with Crippen molar-refractivity contribution in [1.29, 1.82) is 0 Å². The van der Waals surface area contributed by atoms with Crippen LogP contribution >= 0.6 is 0 Å². The average molecular weight is 721 g/mol. The molecular formula is C48H100N2O. The summed E-state index contributed by atoms with van der Waals surface area (Å²) in [5, 5.41) is 0. The van der Waals surface area contributed by atoms with Gasteiger partial charge in [-0.05, 0) is 51.9 Å². The molecule has 2 atom stereocenters. The van der Waals surface area contributed by atoms with Crippen LogP contribution in [0.15, 0.2) is 0 Å². The maximum atomic E-state index is 7.11. The number of ether oxygens (including phenoxy) is 1. The lowest BCUT2D eigenvalue weighted by atomic mass is 10.0. The van der Waals surface area contributed by atoms with Gasteiger partial charge in [0.05, 0.1) is 12.2 Å². The topological polar surface area (TPSA) is 15.7 Å². The Labute approximate surface area is 325 Å². The summed E-state index contributed by atoms with van der Waals surface area (Å²) in [7, 11) is 0. The minimum atomic E-state index is 0.436. The van der Waals surface area contributed by atoms with Gasteiger partial charge in [-0.25, -0.2) is 0 Å². The Kier molecular flexibility index (Phi) is 42.5. The van der Waals surface area contributed by atoms with Crippen molar-refractivity contribution in [3.05, 3.63) is 0 Å². The number of rotatable bonds is 44. The zero-order valence-corrected chi connectivity index (χ0v) is 36.7. The molecule has 51 heavy (non-hydrogen) atoms. The Balaban J connectivity index is 4.45. The molecule has 0 aromatic heterocycles. The normalized spacial score (nSPS) is 13.2. The van der Waals surface area contributed by atoms with Crippen LogP contribution < -0.4 is 0 Å². The van der Waals surface area contributed by atoms with Crippen LogP contribution in [-0.2, 0) is 4.74 Å². The van der Waals surface area contributed by atoms with Crippen molar-refractivity contribution in [3.63, 3.8) is 0 Å². The van der Waals surface area contributed by atoms with Gasteiger partial charge in [-0.1, -0.05) is 234 Å². The summed E-state index contributed by atoms with van der Waals surface area (Å²) in [5.41, 5.74) is 0. The predicted octanol–water partition coefficient (Wildman–Crippen LogP) is 15.7. The van der Waals surface area contributed by atoms with Crippen LogP contribution in [0.3, 0.4) is 0 Å². The second kappa shape index (κ2) is 42.6. The van der Waals surface area contributed by atoms with E-state index in [9.17, 15) is 0 Å². The van der Waals surface area contributed by atoms with Gasteiger partial charge >= 0.3 is 0 Å². The molecule has 308 valence electrons. The van der Waals surface area contributed by atoms with Crippen LogP contribution in [0.2, 0.25) is 0 Å². The second-order valence-electron chi connectivity index (χ2n) is 16.5. The smallest absolute Gasteiger partial charge is 0.0591 e. The van der Waals surface area contributed by atoms with Gasteiger partial charge in [-0.15, -0.1) is 0 Å². The molecule has 0 aliphatic heterocycles. The first-order chi connectivity index (χ1) is 25.1. The summed E-state index contributed by atoms with van der Waals surface area (Å²) >= 11 is 0. The van der Waals surface area contributed by atoms with Crippen molar-refractivity contribution in [2.24, 2.45) is 0 Å². The second-order valence-corrected chi connectivity index (χ2v) is 16.5. The highest BCUT2D eigenvalue weighted by Crippen LogP contribution is 2.21. The summed E-state index contributed by atoms with van der Waals surface area (Å²) in [4.78, 5) is 5.20. The summed E-state index contributed by atoms with van der Waals surface area (Å²) in [5.74, 6) is 0. The molecule has 0 radical (unpaired) electrons. The van der Waals surface area contributed by atoms with Crippen molar-refractivity contribution in [3.8, 4) is 0 Å². The van der Waals surface area contributed by atoms with Crippen LogP contribution in [0.5, 0.6) is 0 Å². The highest BCUT2D eigenvalue weighted by atomic mass is 16.5. The summed E-state index contributed by atoms with van der Waals surface area (Å²) in [6.07, 6.45) is 48.9. The first kappa shape index (κ1) is 50.9. The fraction of sp³-hybridized carbons (Fsp3) is 1.00.